The maximum Gasteiger partial charge on any atom is 0.191 e. The average molecular weight is 498 g/mol. The van der Waals surface area contributed by atoms with E-state index >= 15 is 0 Å². The van der Waals surface area contributed by atoms with Gasteiger partial charge in [0, 0.05) is 39.4 Å². The molecule has 1 fully saturated rings. The molecule has 0 bridgehead atoms. The Morgan fingerprint density at radius 1 is 1.32 bits per heavy atom. The molecule has 0 spiro atoms. The summed E-state index contributed by atoms with van der Waals surface area (Å²) in [5.41, 5.74) is 1.02. The zero-order valence-electron chi connectivity index (χ0n) is 15.0. The Morgan fingerprint density at radius 2 is 2.08 bits per heavy atom. The summed E-state index contributed by atoms with van der Waals surface area (Å²) in [6, 6.07) is 8.12. The average Bonchev–Trinajstić information content (AvgIpc) is 2.60. The molecule has 2 N–H and O–H groups in total. The summed E-state index contributed by atoms with van der Waals surface area (Å²) in [5.74, 6) is 1.56. The zero-order chi connectivity index (χ0) is 17.4. The van der Waals surface area contributed by atoms with Crippen LogP contribution in [-0.2, 0) is 17.3 Å². The van der Waals surface area contributed by atoms with Crippen LogP contribution < -0.4 is 10.6 Å². The van der Waals surface area contributed by atoms with Crippen LogP contribution in [0.5, 0.6) is 0 Å². The first-order chi connectivity index (χ1) is 11.6. The molecule has 1 saturated carbocycles. The molecule has 25 heavy (non-hydrogen) atoms. The second kappa shape index (κ2) is 12.1. The van der Waals surface area contributed by atoms with Gasteiger partial charge in [-0.25, -0.2) is 4.99 Å². The Morgan fingerprint density at radius 3 is 2.76 bits per heavy atom. The molecule has 0 amide bonds. The van der Waals surface area contributed by atoms with E-state index in [-0.39, 0.29) is 24.0 Å². The van der Waals surface area contributed by atoms with Gasteiger partial charge in [0.2, 0.25) is 0 Å². The first-order valence-corrected chi connectivity index (χ1v) is 10.6. The van der Waals surface area contributed by atoms with Gasteiger partial charge in [-0.1, -0.05) is 43.1 Å². The molecular formula is C18H29ClIN3OS. The van der Waals surface area contributed by atoms with Crippen molar-refractivity contribution in [2.45, 2.75) is 57.4 Å². The normalized spacial score (nSPS) is 22.0. The smallest absolute Gasteiger partial charge is 0.191 e. The first-order valence-electron chi connectivity index (χ1n) is 8.79. The van der Waals surface area contributed by atoms with Gasteiger partial charge in [0.15, 0.2) is 5.96 Å². The summed E-state index contributed by atoms with van der Waals surface area (Å²) < 4.78 is 12.1. The second-order valence-corrected chi connectivity index (χ2v) is 8.50. The molecule has 3 unspecified atom stereocenters. The highest BCUT2D eigenvalue weighted by Gasteiger charge is 2.26. The molecule has 1 aliphatic carbocycles. The topological polar surface area (TPSA) is 53.5 Å². The third-order valence-corrected chi connectivity index (χ3v) is 6.44. The third kappa shape index (κ3) is 7.43. The summed E-state index contributed by atoms with van der Waals surface area (Å²) in [7, 11) is -0.707. The van der Waals surface area contributed by atoms with Crippen LogP contribution in [0.2, 0.25) is 5.02 Å². The van der Waals surface area contributed by atoms with E-state index in [9.17, 15) is 4.21 Å². The maximum atomic E-state index is 12.1. The van der Waals surface area contributed by atoms with E-state index < -0.39 is 10.8 Å². The van der Waals surface area contributed by atoms with E-state index in [1.165, 1.54) is 0 Å². The summed E-state index contributed by atoms with van der Waals surface area (Å²) in [6.45, 7) is 5.42. The Balaban J connectivity index is 0.00000312. The minimum absolute atomic E-state index is 0. The monoisotopic (exact) mass is 497 g/mol. The highest BCUT2D eigenvalue weighted by Crippen LogP contribution is 2.23. The minimum atomic E-state index is -0.707. The lowest BCUT2D eigenvalue weighted by molar-refractivity contribution is 0.413. The van der Waals surface area contributed by atoms with Crippen molar-refractivity contribution in [3.63, 3.8) is 0 Å². The number of nitrogens with one attached hydrogen (secondary N) is 2. The molecule has 2 rings (SSSR count). The number of rotatable bonds is 6. The number of halogens is 2. The van der Waals surface area contributed by atoms with Crippen molar-refractivity contribution < 1.29 is 4.21 Å². The highest BCUT2D eigenvalue weighted by molar-refractivity contribution is 14.0. The zero-order valence-corrected chi connectivity index (χ0v) is 18.9. The number of nitrogens with zero attached hydrogens (tertiary/aromatic N) is 1. The molecule has 7 heteroatoms. The first kappa shape index (κ1) is 22.7. The van der Waals surface area contributed by atoms with E-state index in [4.69, 9.17) is 11.6 Å². The predicted molar refractivity (Wildman–Crippen MR) is 120 cm³/mol. The van der Waals surface area contributed by atoms with Gasteiger partial charge < -0.3 is 10.6 Å². The number of benzene rings is 1. The Kier molecular flexibility index (Phi) is 11.0. The van der Waals surface area contributed by atoms with Gasteiger partial charge in [-0.15, -0.1) is 24.0 Å². The van der Waals surface area contributed by atoms with E-state index in [0.717, 1.165) is 54.5 Å². The quantitative estimate of drug-likeness (QED) is 0.354. The maximum absolute atomic E-state index is 12.1. The van der Waals surface area contributed by atoms with Crippen LogP contribution in [0.4, 0.5) is 0 Å². The van der Waals surface area contributed by atoms with Gasteiger partial charge >= 0.3 is 0 Å². The number of aliphatic imine (C=N–C) groups is 1. The van der Waals surface area contributed by atoms with Crippen molar-refractivity contribution in [1.82, 2.24) is 10.6 Å². The molecule has 0 aliphatic heterocycles. The summed E-state index contributed by atoms with van der Waals surface area (Å²) in [6.07, 6.45) is 4.26. The molecular weight excluding hydrogens is 469 g/mol. The molecule has 0 radical (unpaired) electrons. The van der Waals surface area contributed by atoms with Crippen LogP contribution >= 0.6 is 35.6 Å². The molecule has 0 aromatic heterocycles. The largest absolute Gasteiger partial charge is 0.357 e. The van der Waals surface area contributed by atoms with Crippen LogP contribution in [0, 0.1) is 0 Å². The lowest BCUT2D eigenvalue weighted by Crippen LogP contribution is -2.46. The van der Waals surface area contributed by atoms with Crippen molar-refractivity contribution in [2.75, 3.05) is 12.3 Å². The van der Waals surface area contributed by atoms with Crippen LogP contribution in [-0.4, -0.2) is 33.8 Å². The van der Waals surface area contributed by atoms with Gasteiger partial charge in [0.25, 0.3) is 0 Å². The highest BCUT2D eigenvalue weighted by atomic mass is 127. The molecule has 0 heterocycles. The molecule has 1 aliphatic rings. The minimum Gasteiger partial charge on any atom is -0.357 e. The molecule has 1 aromatic rings. The van der Waals surface area contributed by atoms with Crippen molar-refractivity contribution >= 4 is 52.3 Å². The molecule has 1 aromatic carbocycles. The van der Waals surface area contributed by atoms with Gasteiger partial charge in [0.05, 0.1) is 6.54 Å². The number of guanidine groups is 1. The summed E-state index contributed by atoms with van der Waals surface area (Å²) in [4.78, 5) is 4.66. The Bertz CT molecular complexity index is 585. The van der Waals surface area contributed by atoms with Crippen molar-refractivity contribution in [1.29, 1.82) is 0 Å². The fourth-order valence-corrected chi connectivity index (χ4v) is 4.60. The number of hydrogen-bond acceptors (Lipinski definition) is 2. The number of hydrogen-bond donors (Lipinski definition) is 2. The molecule has 4 nitrogen and oxygen atoms in total. The third-order valence-electron chi connectivity index (χ3n) is 4.33. The van der Waals surface area contributed by atoms with Crippen molar-refractivity contribution in [3.8, 4) is 0 Å². The van der Waals surface area contributed by atoms with Gasteiger partial charge in [-0.3, -0.25) is 4.21 Å². The molecule has 3 atom stereocenters. The second-order valence-electron chi connectivity index (χ2n) is 6.09. The molecule has 142 valence electrons. The van der Waals surface area contributed by atoms with E-state index in [1.54, 1.807) is 0 Å². The fraction of sp³-hybridized carbons (Fsp3) is 0.611. The molecule has 0 saturated heterocycles. The van der Waals surface area contributed by atoms with Crippen LogP contribution in [0.1, 0.15) is 45.1 Å². The Hall–Kier alpha value is -0.340. The van der Waals surface area contributed by atoms with Gasteiger partial charge in [0.1, 0.15) is 0 Å². The van der Waals surface area contributed by atoms with Crippen LogP contribution in [0.3, 0.4) is 0 Å². The fourth-order valence-electron chi connectivity index (χ4n) is 3.05. The Labute approximate surface area is 176 Å². The van der Waals surface area contributed by atoms with Crippen molar-refractivity contribution in [3.05, 3.63) is 34.9 Å². The SMILES string of the molecule is CCNC(=NCc1ccccc1Cl)NC1CCCC(S(=O)CC)C1.I. The van der Waals surface area contributed by atoms with Crippen LogP contribution in [0.25, 0.3) is 0 Å². The van der Waals surface area contributed by atoms with E-state index in [1.807, 2.05) is 31.2 Å². The standard InChI is InChI=1S/C18H28ClN3OS.HI/c1-3-20-18(21-13-14-8-5-6-11-17(14)19)22-15-9-7-10-16(12-15)24(23)4-2;/h5-6,8,11,15-16H,3-4,7,9-10,12-13H2,1-2H3,(H2,20,21,22);1H. The summed E-state index contributed by atoms with van der Waals surface area (Å²) in [5, 5.41) is 7.87. The lowest BCUT2D eigenvalue weighted by atomic mass is 9.95. The summed E-state index contributed by atoms with van der Waals surface area (Å²) >= 11 is 6.20. The van der Waals surface area contributed by atoms with Gasteiger partial charge in [-0.2, -0.15) is 0 Å². The van der Waals surface area contributed by atoms with E-state index in [2.05, 4.69) is 22.5 Å². The van der Waals surface area contributed by atoms with Crippen LogP contribution in [0.15, 0.2) is 29.3 Å². The lowest BCUT2D eigenvalue weighted by Gasteiger charge is -2.30. The van der Waals surface area contributed by atoms with Crippen molar-refractivity contribution in [2.24, 2.45) is 4.99 Å². The van der Waals surface area contributed by atoms with E-state index in [0.29, 0.717) is 17.8 Å². The van der Waals surface area contributed by atoms with Gasteiger partial charge in [-0.05, 0) is 37.8 Å². The predicted octanol–water partition coefficient (Wildman–Crippen LogP) is 4.09.